The number of carbonyl (C=O) groups is 2. The minimum Gasteiger partial charge on any atom is -0.462 e. The molecule has 0 amide bonds. The van der Waals surface area contributed by atoms with Crippen molar-refractivity contribution >= 4 is 23.7 Å². The molecule has 0 unspecified atom stereocenters. The molecule has 3 aromatic rings. The summed E-state index contributed by atoms with van der Waals surface area (Å²) >= 11 is 1.57. The average Bonchev–Trinajstić information content (AvgIpc) is 3.25. The maximum Gasteiger partial charge on any atom is 0.338 e. The molecule has 1 aliphatic heterocycles. The zero-order chi connectivity index (χ0) is 22.9. The van der Waals surface area contributed by atoms with Gasteiger partial charge < -0.3 is 14.2 Å². The number of esters is 2. The number of carbonyl (C=O) groups excluding carboxylic acids is 2. The molecular formula is C27H24O5S. The van der Waals surface area contributed by atoms with Crippen LogP contribution in [0.3, 0.4) is 0 Å². The van der Waals surface area contributed by atoms with Crippen molar-refractivity contribution in [2.24, 2.45) is 5.92 Å². The van der Waals surface area contributed by atoms with Crippen LogP contribution >= 0.6 is 11.8 Å². The molecule has 1 aliphatic rings. The van der Waals surface area contributed by atoms with E-state index in [1.807, 2.05) is 53.9 Å². The third kappa shape index (κ3) is 6.34. The van der Waals surface area contributed by atoms with Crippen LogP contribution in [0.1, 0.15) is 20.7 Å². The second-order valence-electron chi connectivity index (χ2n) is 7.50. The summed E-state index contributed by atoms with van der Waals surface area (Å²) in [6, 6.07) is 27.6. The minimum atomic E-state index is -0.530. The van der Waals surface area contributed by atoms with E-state index >= 15 is 0 Å². The third-order valence-corrected chi connectivity index (χ3v) is 6.09. The molecule has 3 atom stereocenters. The fourth-order valence-electron chi connectivity index (χ4n) is 3.49. The molecule has 4 rings (SSSR count). The van der Waals surface area contributed by atoms with Crippen molar-refractivity contribution in [1.29, 1.82) is 0 Å². The Morgan fingerprint density at radius 2 is 1.42 bits per heavy atom. The fraction of sp³-hybridized carbons (Fsp3) is 0.185. The highest BCUT2D eigenvalue weighted by molar-refractivity contribution is 8.02. The molecule has 0 aromatic heterocycles. The van der Waals surface area contributed by atoms with Crippen LogP contribution in [0.2, 0.25) is 0 Å². The SMILES string of the molecule is O=C(OC[C@@H]1[C@H](C=CSc2ccccc2)OC[C@@H]1OC(=O)c1ccccc1)c1ccccc1. The average molecular weight is 461 g/mol. The molecule has 6 heteroatoms. The van der Waals surface area contributed by atoms with Crippen molar-refractivity contribution in [3.63, 3.8) is 0 Å². The van der Waals surface area contributed by atoms with Crippen LogP contribution in [0.25, 0.3) is 0 Å². The van der Waals surface area contributed by atoms with Crippen LogP contribution in [-0.4, -0.2) is 37.4 Å². The Labute approximate surface area is 197 Å². The van der Waals surface area contributed by atoms with Crippen LogP contribution in [0.15, 0.2) is 107 Å². The molecule has 33 heavy (non-hydrogen) atoms. The van der Waals surface area contributed by atoms with E-state index in [0.717, 1.165) is 4.90 Å². The lowest BCUT2D eigenvalue weighted by atomic mass is 10.00. The van der Waals surface area contributed by atoms with Gasteiger partial charge in [-0.2, -0.15) is 0 Å². The van der Waals surface area contributed by atoms with Gasteiger partial charge in [-0.3, -0.25) is 0 Å². The molecule has 1 fully saturated rings. The maximum atomic E-state index is 12.6. The molecule has 0 spiro atoms. The lowest BCUT2D eigenvalue weighted by molar-refractivity contribution is 0.00722. The van der Waals surface area contributed by atoms with Gasteiger partial charge in [0.25, 0.3) is 0 Å². The molecule has 0 N–H and O–H groups in total. The van der Waals surface area contributed by atoms with Crippen LogP contribution < -0.4 is 0 Å². The first-order valence-electron chi connectivity index (χ1n) is 10.7. The van der Waals surface area contributed by atoms with Gasteiger partial charge in [-0.1, -0.05) is 66.4 Å². The summed E-state index contributed by atoms with van der Waals surface area (Å²) in [7, 11) is 0. The van der Waals surface area contributed by atoms with Gasteiger partial charge in [0.05, 0.1) is 29.8 Å². The van der Waals surface area contributed by atoms with Gasteiger partial charge in [-0.15, -0.1) is 0 Å². The highest BCUT2D eigenvalue weighted by atomic mass is 32.2. The molecule has 0 radical (unpaired) electrons. The van der Waals surface area contributed by atoms with Crippen molar-refractivity contribution < 1.29 is 23.8 Å². The highest BCUT2D eigenvalue weighted by Gasteiger charge is 2.39. The fourth-order valence-corrected chi connectivity index (χ4v) is 4.19. The molecule has 3 aromatic carbocycles. The van der Waals surface area contributed by atoms with Gasteiger partial charge in [0.1, 0.15) is 12.7 Å². The van der Waals surface area contributed by atoms with E-state index in [-0.39, 0.29) is 25.2 Å². The van der Waals surface area contributed by atoms with Gasteiger partial charge in [-0.25, -0.2) is 9.59 Å². The molecule has 0 bridgehead atoms. The number of hydrogen-bond acceptors (Lipinski definition) is 6. The molecule has 0 saturated carbocycles. The van der Waals surface area contributed by atoms with Crippen LogP contribution in [0.5, 0.6) is 0 Å². The summed E-state index contributed by atoms with van der Waals surface area (Å²) in [6.45, 7) is 0.308. The topological polar surface area (TPSA) is 61.8 Å². The lowest BCUT2D eigenvalue weighted by Crippen LogP contribution is -2.32. The Bertz CT molecular complexity index is 1070. The molecule has 1 saturated heterocycles. The second kappa shape index (κ2) is 11.5. The summed E-state index contributed by atoms with van der Waals surface area (Å²) in [5.74, 6) is -1.16. The Hall–Kier alpha value is -3.35. The van der Waals surface area contributed by atoms with Crippen LogP contribution in [-0.2, 0) is 14.2 Å². The normalized spacial score (nSPS) is 19.9. The zero-order valence-corrected chi connectivity index (χ0v) is 18.7. The number of benzene rings is 3. The number of rotatable bonds is 8. The number of thioether (sulfide) groups is 1. The first-order valence-corrected chi connectivity index (χ1v) is 11.6. The van der Waals surface area contributed by atoms with Gasteiger partial charge in [0.2, 0.25) is 0 Å². The quantitative estimate of drug-likeness (QED) is 0.332. The molecule has 1 heterocycles. The number of ether oxygens (including phenoxy) is 3. The van der Waals surface area contributed by atoms with Crippen molar-refractivity contribution in [1.82, 2.24) is 0 Å². The Morgan fingerprint density at radius 3 is 2.06 bits per heavy atom. The predicted molar refractivity (Wildman–Crippen MR) is 127 cm³/mol. The highest BCUT2D eigenvalue weighted by Crippen LogP contribution is 2.29. The standard InChI is InChI=1S/C27H24O5S/c28-26(20-10-4-1-5-11-20)31-18-23-24(16-17-33-22-14-8-3-9-15-22)30-19-25(23)32-27(29)21-12-6-2-7-13-21/h1-17,23-25H,18-19H2/t23-,24+,25+/m1/s1. The van der Waals surface area contributed by atoms with E-state index < -0.39 is 18.0 Å². The Morgan fingerprint density at radius 1 is 0.848 bits per heavy atom. The third-order valence-electron chi connectivity index (χ3n) is 5.25. The summed E-state index contributed by atoms with van der Waals surface area (Å²) in [4.78, 5) is 26.2. The smallest absolute Gasteiger partial charge is 0.338 e. The molecular weight excluding hydrogens is 436 g/mol. The lowest BCUT2D eigenvalue weighted by Gasteiger charge is -2.21. The van der Waals surface area contributed by atoms with Crippen molar-refractivity contribution in [3.8, 4) is 0 Å². The Kier molecular flexibility index (Phi) is 7.95. The first kappa shape index (κ1) is 22.8. The van der Waals surface area contributed by atoms with Crippen molar-refractivity contribution in [2.45, 2.75) is 17.1 Å². The molecule has 0 aliphatic carbocycles. The van der Waals surface area contributed by atoms with E-state index in [1.165, 1.54) is 0 Å². The maximum absolute atomic E-state index is 12.6. The van der Waals surface area contributed by atoms with Crippen LogP contribution in [0, 0.1) is 5.92 Å². The van der Waals surface area contributed by atoms with E-state index in [4.69, 9.17) is 14.2 Å². The molecule has 5 nitrogen and oxygen atoms in total. The number of hydrogen-bond donors (Lipinski definition) is 0. The minimum absolute atomic E-state index is 0.0749. The van der Waals surface area contributed by atoms with E-state index in [1.54, 1.807) is 60.3 Å². The van der Waals surface area contributed by atoms with E-state index in [2.05, 4.69) is 0 Å². The van der Waals surface area contributed by atoms with Gasteiger partial charge in [0.15, 0.2) is 0 Å². The zero-order valence-electron chi connectivity index (χ0n) is 17.9. The predicted octanol–water partition coefficient (Wildman–Crippen LogP) is 5.39. The van der Waals surface area contributed by atoms with Crippen molar-refractivity contribution in [3.05, 3.63) is 114 Å². The first-order chi connectivity index (χ1) is 16.2. The summed E-state index contributed by atoms with van der Waals surface area (Å²) in [6.07, 6.45) is 1.05. The van der Waals surface area contributed by atoms with Gasteiger partial charge in [0, 0.05) is 4.90 Å². The molecule has 168 valence electrons. The Balaban J connectivity index is 1.44. The van der Waals surface area contributed by atoms with Crippen LogP contribution in [0.4, 0.5) is 0 Å². The van der Waals surface area contributed by atoms with E-state index in [0.29, 0.717) is 11.1 Å². The summed E-state index contributed by atoms with van der Waals surface area (Å²) < 4.78 is 17.2. The second-order valence-corrected chi connectivity index (χ2v) is 8.47. The van der Waals surface area contributed by atoms with Gasteiger partial charge in [-0.05, 0) is 47.9 Å². The monoisotopic (exact) mass is 460 g/mol. The summed E-state index contributed by atoms with van der Waals surface area (Å²) in [5.41, 5.74) is 0.942. The largest absolute Gasteiger partial charge is 0.462 e. The van der Waals surface area contributed by atoms with E-state index in [9.17, 15) is 9.59 Å². The van der Waals surface area contributed by atoms with Crippen molar-refractivity contribution in [2.75, 3.05) is 13.2 Å². The summed E-state index contributed by atoms with van der Waals surface area (Å²) in [5, 5.41) is 1.95. The van der Waals surface area contributed by atoms with Gasteiger partial charge >= 0.3 is 11.9 Å².